The summed E-state index contributed by atoms with van der Waals surface area (Å²) < 4.78 is 10.6. The van der Waals surface area contributed by atoms with E-state index in [9.17, 15) is 14.9 Å². The number of hydrogen-bond acceptors (Lipinski definition) is 5. The van der Waals surface area contributed by atoms with Gasteiger partial charge in [0.25, 0.3) is 5.69 Å². The molecule has 0 saturated heterocycles. The monoisotopic (exact) mass is 315 g/mol. The Morgan fingerprint density at radius 2 is 1.91 bits per heavy atom. The molecule has 0 amide bonds. The van der Waals surface area contributed by atoms with Crippen molar-refractivity contribution < 1.29 is 19.2 Å². The minimum Gasteiger partial charge on any atom is -0.482 e. The SMILES string of the molecule is CC(C)c1ccccc1OCC(=O)Oc1cccc([N+](=O)[O-])c1. The van der Waals surface area contributed by atoms with Crippen LogP contribution in [0.3, 0.4) is 0 Å². The Hall–Kier alpha value is -2.89. The highest BCUT2D eigenvalue weighted by Gasteiger charge is 2.12. The number of nitrogens with zero attached hydrogens (tertiary/aromatic N) is 1. The van der Waals surface area contributed by atoms with Crippen molar-refractivity contribution in [1.29, 1.82) is 0 Å². The van der Waals surface area contributed by atoms with Gasteiger partial charge in [-0.1, -0.05) is 38.1 Å². The quantitative estimate of drug-likeness (QED) is 0.351. The number of rotatable bonds is 6. The van der Waals surface area contributed by atoms with Gasteiger partial charge in [0.15, 0.2) is 6.61 Å². The number of hydrogen-bond donors (Lipinski definition) is 0. The molecule has 0 aliphatic rings. The van der Waals surface area contributed by atoms with E-state index in [0.717, 1.165) is 5.56 Å². The van der Waals surface area contributed by atoms with E-state index in [2.05, 4.69) is 0 Å². The maximum atomic E-state index is 11.8. The molecule has 2 rings (SSSR count). The van der Waals surface area contributed by atoms with Crippen LogP contribution in [0, 0.1) is 10.1 Å². The molecule has 0 aromatic heterocycles. The third-order valence-corrected chi connectivity index (χ3v) is 3.15. The summed E-state index contributed by atoms with van der Waals surface area (Å²) in [6, 6.07) is 12.9. The molecule has 0 bridgehead atoms. The van der Waals surface area contributed by atoms with E-state index in [1.807, 2.05) is 32.0 Å². The van der Waals surface area contributed by atoms with E-state index in [0.29, 0.717) is 5.75 Å². The summed E-state index contributed by atoms with van der Waals surface area (Å²) >= 11 is 0. The average molecular weight is 315 g/mol. The highest BCUT2D eigenvalue weighted by Crippen LogP contribution is 2.26. The van der Waals surface area contributed by atoms with Crippen LogP contribution in [0.25, 0.3) is 0 Å². The first-order chi connectivity index (χ1) is 11.0. The van der Waals surface area contributed by atoms with Gasteiger partial charge in [-0.05, 0) is 23.6 Å². The standard InChI is InChI=1S/C17H17NO5/c1-12(2)15-8-3-4-9-16(15)22-11-17(19)23-14-7-5-6-13(10-14)18(20)21/h3-10,12H,11H2,1-2H3. The Labute approximate surface area is 133 Å². The highest BCUT2D eigenvalue weighted by atomic mass is 16.6. The third-order valence-electron chi connectivity index (χ3n) is 3.15. The molecule has 0 saturated carbocycles. The minimum atomic E-state index is -0.621. The summed E-state index contributed by atoms with van der Waals surface area (Å²) in [5, 5.41) is 10.7. The summed E-state index contributed by atoms with van der Waals surface area (Å²) in [6.07, 6.45) is 0. The van der Waals surface area contributed by atoms with Crippen LogP contribution >= 0.6 is 0 Å². The number of nitro benzene ring substituents is 1. The second-order valence-corrected chi connectivity index (χ2v) is 5.21. The second-order valence-electron chi connectivity index (χ2n) is 5.21. The molecular weight excluding hydrogens is 298 g/mol. The Bertz CT molecular complexity index is 712. The van der Waals surface area contributed by atoms with E-state index in [1.165, 1.54) is 24.3 Å². The zero-order chi connectivity index (χ0) is 16.8. The summed E-state index contributed by atoms with van der Waals surface area (Å²) in [4.78, 5) is 22.0. The summed E-state index contributed by atoms with van der Waals surface area (Å²) in [6.45, 7) is 3.79. The summed E-state index contributed by atoms with van der Waals surface area (Å²) in [5.74, 6) is 0.381. The first kappa shape index (κ1) is 16.5. The molecule has 2 aromatic carbocycles. The first-order valence-electron chi connectivity index (χ1n) is 7.14. The molecule has 120 valence electrons. The molecule has 0 aliphatic heterocycles. The Kier molecular flexibility index (Phi) is 5.30. The van der Waals surface area contributed by atoms with Gasteiger partial charge in [0, 0.05) is 6.07 Å². The molecule has 0 radical (unpaired) electrons. The number of carbonyl (C=O) groups is 1. The van der Waals surface area contributed by atoms with Crippen molar-refractivity contribution in [3.8, 4) is 11.5 Å². The molecule has 0 unspecified atom stereocenters. The number of nitro groups is 1. The Morgan fingerprint density at radius 3 is 2.61 bits per heavy atom. The van der Waals surface area contributed by atoms with Gasteiger partial charge >= 0.3 is 5.97 Å². The van der Waals surface area contributed by atoms with Crippen LogP contribution in [-0.4, -0.2) is 17.5 Å². The lowest BCUT2D eigenvalue weighted by atomic mass is 10.0. The molecule has 0 N–H and O–H groups in total. The predicted octanol–water partition coefficient (Wildman–Crippen LogP) is 3.70. The molecule has 0 spiro atoms. The zero-order valence-electron chi connectivity index (χ0n) is 12.9. The smallest absolute Gasteiger partial charge is 0.349 e. The lowest BCUT2D eigenvalue weighted by Crippen LogP contribution is -2.18. The molecule has 6 nitrogen and oxygen atoms in total. The predicted molar refractivity (Wildman–Crippen MR) is 84.8 cm³/mol. The van der Waals surface area contributed by atoms with E-state index in [-0.39, 0.29) is 24.0 Å². The average Bonchev–Trinajstić information content (AvgIpc) is 2.53. The summed E-state index contributed by atoms with van der Waals surface area (Å²) in [5.41, 5.74) is 0.858. The fraction of sp³-hybridized carbons (Fsp3) is 0.235. The largest absolute Gasteiger partial charge is 0.482 e. The number of non-ortho nitro benzene ring substituents is 1. The highest BCUT2D eigenvalue weighted by molar-refractivity contribution is 5.74. The minimum absolute atomic E-state index is 0.116. The zero-order valence-corrected chi connectivity index (χ0v) is 12.9. The fourth-order valence-electron chi connectivity index (χ4n) is 2.05. The van der Waals surface area contributed by atoms with Crippen molar-refractivity contribution in [3.63, 3.8) is 0 Å². The van der Waals surface area contributed by atoms with Crippen LogP contribution in [0.5, 0.6) is 11.5 Å². The van der Waals surface area contributed by atoms with Crippen LogP contribution in [0.15, 0.2) is 48.5 Å². The molecule has 0 fully saturated rings. The summed E-state index contributed by atoms with van der Waals surface area (Å²) in [7, 11) is 0. The molecule has 0 atom stereocenters. The van der Waals surface area contributed by atoms with Gasteiger partial charge in [-0.25, -0.2) is 4.79 Å². The number of carbonyl (C=O) groups excluding carboxylic acids is 1. The van der Waals surface area contributed by atoms with E-state index >= 15 is 0 Å². The van der Waals surface area contributed by atoms with Gasteiger partial charge in [-0.15, -0.1) is 0 Å². The number of benzene rings is 2. The van der Waals surface area contributed by atoms with Gasteiger partial charge in [-0.2, -0.15) is 0 Å². The van der Waals surface area contributed by atoms with Crippen molar-refractivity contribution in [3.05, 3.63) is 64.2 Å². The second kappa shape index (κ2) is 7.40. The van der Waals surface area contributed by atoms with Crippen LogP contribution in [0.1, 0.15) is 25.3 Å². The maximum absolute atomic E-state index is 11.8. The van der Waals surface area contributed by atoms with Crippen LogP contribution in [-0.2, 0) is 4.79 Å². The molecule has 0 heterocycles. The van der Waals surface area contributed by atoms with E-state index in [4.69, 9.17) is 9.47 Å². The van der Waals surface area contributed by atoms with E-state index in [1.54, 1.807) is 6.07 Å². The van der Waals surface area contributed by atoms with E-state index < -0.39 is 10.9 Å². The fourth-order valence-corrected chi connectivity index (χ4v) is 2.05. The van der Waals surface area contributed by atoms with Gasteiger partial charge in [-0.3, -0.25) is 10.1 Å². The van der Waals surface area contributed by atoms with Gasteiger partial charge in [0.2, 0.25) is 0 Å². The third kappa shape index (κ3) is 4.54. The first-order valence-corrected chi connectivity index (χ1v) is 7.14. The molecule has 23 heavy (non-hydrogen) atoms. The van der Waals surface area contributed by atoms with Crippen molar-refractivity contribution >= 4 is 11.7 Å². The molecular formula is C17H17NO5. The van der Waals surface area contributed by atoms with Crippen LogP contribution < -0.4 is 9.47 Å². The Morgan fingerprint density at radius 1 is 1.17 bits per heavy atom. The molecule has 2 aromatic rings. The normalized spacial score (nSPS) is 10.4. The van der Waals surface area contributed by atoms with Crippen molar-refractivity contribution in [2.45, 2.75) is 19.8 Å². The van der Waals surface area contributed by atoms with Crippen LogP contribution in [0.2, 0.25) is 0 Å². The molecule has 0 aliphatic carbocycles. The van der Waals surface area contributed by atoms with Gasteiger partial charge in [0.1, 0.15) is 11.5 Å². The van der Waals surface area contributed by atoms with Crippen molar-refractivity contribution in [1.82, 2.24) is 0 Å². The van der Waals surface area contributed by atoms with Gasteiger partial charge < -0.3 is 9.47 Å². The number of esters is 1. The number of para-hydroxylation sites is 1. The Balaban J connectivity index is 1.98. The maximum Gasteiger partial charge on any atom is 0.349 e. The number of ether oxygens (including phenoxy) is 2. The van der Waals surface area contributed by atoms with Crippen LogP contribution in [0.4, 0.5) is 5.69 Å². The lowest BCUT2D eigenvalue weighted by molar-refractivity contribution is -0.384. The topological polar surface area (TPSA) is 78.7 Å². The molecule has 6 heteroatoms. The van der Waals surface area contributed by atoms with Crippen molar-refractivity contribution in [2.24, 2.45) is 0 Å². The van der Waals surface area contributed by atoms with Gasteiger partial charge in [0.05, 0.1) is 11.0 Å². The lowest BCUT2D eigenvalue weighted by Gasteiger charge is -2.13. The van der Waals surface area contributed by atoms with Crippen molar-refractivity contribution in [2.75, 3.05) is 6.61 Å².